The van der Waals surface area contributed by atoms with Gasteiger partial charge < -0.3 is 9.84 Å². The van der Waals surface area contributed by atoms with Gasteiger partial charge in [0, 0.05) is 6.42 Å². The minimum atomic E-state index is -0.781. The van der Waals surface area contributed by atoms with Crippen LogP contribution in [0.3, 0.4) is 0 Å². The van der Waals surface area contributed by atoms with Crippen LogP contribution in [0.2, 0.25) is 0 Å². The van der Waals surface area contributed by atoms with E-state index in [9.17, 15) is 9.59 Å². The standard InChI is InChI=1S/C11H18O4/c1-3-15-11(14)9-5-8(4-7(9)2)6-10(12)13/h7-9H,3-6H2,1-2H3,(H,12,13)/t7-,8-,9+/m1/s1. The van der Waals surface area contributed by atoms with Crippen LogP contribution in [0.4, 0.5) is 0 Å². The SMILES string of the molecule is CCOC(=O)[C@H]1C[C@H](CC(=O)O)C[C@H]1C. The van der Waals surface area contributed by atoms with Crippen molar-refractivity contribution in [2.75, 3.05) is 6.61 Å². The molecule has 0 aromatic heterocycles. The first-order valence-electron chi connectivity index (χ1n) is 5.43. The molecule has 1 saturated carbocycles. The number of hydrogen-bond donors (Lipinski definition) is 1. The molecule has 0 aromatic rings. The summed E-state index contributed by atoms with van der Waals surface area (Å²) in [4.78, 5) is 22.1. The number of carboxylic acid groups (broad SMARTS) is 1. The van der Waals surface area contributed by atoms with Crippen LogP contribution in [-0.2, 0) is 14.3 Å². The van der Waals surface area contributed by atoms with Gasteiger partial charge in [0.05, 0.1) is 12.5 Å². The van der Waals surface area contributed by atoms with Crippen molar-refractivity contribution in [2.24, 2.45) is 17.8 Å². The molecule has 4 heteroatoms. The maximum Gasteiger partial charge on any atom is 0.309 e. The Hall–Kier alpha value is -1.06. The Labute approximate surface area is 89.6 Å². The molecular weight excluding hydrogens is 196 g/mol. The van der Waals surface area contributed by atoms with Crippen molar-refractivity contribution in [3.8, 4) is 0 Å². The van der Waals surface area contributed by atoms with Crippen molar-refractivity contribution in [1.29, 1.82) is 0 Å². The molecule has 1 aliphatic carbocycles. The molecule has 0 heterocycles. The molecule has 15 heavy (non-hydrogen) atoms. The zero-order chi connectivity index (χ0) is 11.4. The van der Waals surface area contributed by atoms with Gasteiger partial charge in [-0.1, -0.05) is 6.92 Å². The van der Waals surface area contributed by atoms with Crippen LogP contribution in [0, 0.1) is 17.8 Å². The molecule has 0 aromatic carbocycles. The van der Waals surface area contributed by atoms with E-state index >= 15 is 0 Å². The summed E-state index contributed by atoms with van der Waals surface area (Å²) in [5.41, 5.74) is 0. The van der Waals surface area contributed by atoms with Crippen LogP contribution in [0.5, 0.6) is 0 Å². The highest BCUT2D eigenvalue weighted by Gasteiger charge is 2.37. The first kappa shape index (κ1) is 12.0. The van der Waals surface area contributed by atoms with Crippen molar-refractivity contribution in [3.63, 3.8) is 0 Å². The van der Waals surface area contributed by atoms with E-state index in [1.807, 2.05) is 6.92 Å². The summed E-state index contributed by atoms with van der Waals surface area (Å²) in [5.74, 6) is -0.677. The average molecular weight is 214 g/mol. The highest BCUT2D eigenvalue weighted by molar-refractivity contribution is 5.73. The zero-order valence-electron chi connectivity index (χ0n) is 9.23. The van der Waals surface area contributed by atoms with Gasteiger partial charge in [-0.2, -0.15) is 0 Å². The highest BCUT2D eigenvalue weighted by atomic mass is 16.5. The lowest BCUT2D eigenvalue weighted by Crippen LogP contribution is -2.19. The number of carbonyl (C=O) groups excluding carboxylic acids is 1. The second-order valence-electron chi connectivity index (χ2n) is 4.27. The van der Waals surface area contributed by atoms with E-state index in [2.05, 4.69) is 0 Å². The molecule has 3 atom stereocenters. The van der Waals surface area contributed by atoms with Gasteiger partial charge in [0.15, 0.2) is 0 Å². The van der Waals surface area contributed by atoms with Gasteiger partial charge in [0.1, 0.15) is 0 Å². The lowest BCUT2D eigenvalue weighted by molar-refractivity contribution is -0.149. The molecule has 86 valence electrons. The largest absolute Gasteiger partial charge is 0.481 e. The Morgan fingerprint density at radius 1 is 1.40 bits per heavy atom. The van der Waals surface area contributed by atoms with Crippen LogP contribution in [0.1, 0.15) is 33.1 Å². The fraction of sp³-hybridized carbons (Fsp3) is 0.818. The third-order valence-electron chi connectivity index (χ3n) is 3.03. The Bertz CT molecular complexity index is 249. The molecule has 0 saturated heterocycles. The molecule has 0 bridgehead atoms. The van der Waals surface area contributed by atoms with Gasteiger partial charge in [-0.15, -0.1) is 0 Å². The molecule has 0 spiro atoms. The van der Waals surface area contributed by atoms with Crippen LogP contribution < -0.4 is 0 Å². The normalized spacial score (nSPS) is 30.1. The van der Waals surface area contributed by atoms with Gasteiger partial charge in [-0.05, 0) is 31.6 Å². The zero-order valence-corrected chi connectivity index (χ0v) is 9.23. The number of carboxylic acids is 1. The Balaban J connectivity index is 2.48. The van der Waals surface area contributed by atoms with Gasteiger partial charge in [0.2, 0.25) is 0 Å². The van der Waals surface area contributed by atoms with Gasteiger partial charge in [-0.3, -0.25) is 9.59 Å². The fourth-order valence-corrected chi connectivity index (χ4v) is 2.37. The average Bonchev–Trinajstić information content (AvgIpc) is 2.46. The lowest BCUT2D eigenvalue weighted by atomic mass is 9.99. The van der Waals surface area contributed by atoms with Crippen molar-refractivity contribution in [3.05, 3.63) is 0 Å². The quantitative estimate of drug-likeness (QED) is 0.723. The van der Waals surface area contributed by atoms with E-state index in [0.717, 1.165) is 6.42 Å². The van der Waals surface area contributed by atoms with E-state index in [1.54, 1.807) is 6.92 Å². The van der Waals surface area contributed by atoms with E-state index in [-0.39, 0.29) is 30.1 Å². The second-order valence-corrected chi connectivity index (χ2v) is 4.27. The number of carbonyl (C=O) groups is 2. The number of hydrogen-bond acceptors (Lipinski definition) is 3. The van der Waals surface area contributed by atoms with Crippen LogP contribution in [0.25, 0.3) is 0 Å². The summed E-state index contributed by atoms with van der Waals surface area (Å²) in [5, 5.41) is 8.67. The molecule has 0 radical (unpaired) electrons. The molecule has 0 aliphatic heterocycles. The van der Waals surface area contributed by atoms with Gasteiger partial charge in [-0.25, -0.2) is 0 Å². The minimum absolute atomic E-state index is 0.103. The molecular formula is C11H18O4. The van der Waals surface area contributed by atoms with E-state index in [0.29, 0.717) is 13.0 Å². The van der Waals surface area contributed by atoms with Gasteiger partial charge in [0.25, 0.3) is 0 Å². The Morgan fingerprint density at radius 2 is 2.07 bits per heavy atom. The van der Waals surface area contributed by atoms with Crippen LogP contribution in [0.15, 0.2) is 0 Å². The van der Waals surface area contributed by atoms with Crippen LogP contribution in [-0.4, -0.2) is 23.7 Å². The summed E-state index contributed by atoms with van der Waals surface area (Å²) in [6, 6.07) is 0. The molecule has 1 aliphatic rings. The monoisotopic (exact) mass is 214 g/mol. The number of esters is 1. The van der Waals surface area contributed by atoms with Crippen molar-refractivity contribution in [2.45, 2.75) is 33.1 Å². The van der Waals surface area contributed by atoms with E-state index in [1.165, 1.54) is 0 Å². The Morgan fingerprint density at radius 3 is 2.60 bits per heavy atom. The molecule has 1 N–H and O–H groups in total. The topological polar surface area (TPSA) is 63.6 Å². The first-order chi connectivity index (χ1) is 7.04. The molecule has 4 nitrogen and oxygen atoms in total. The number of rotatable bonds is 4. The van der Waals surface area contributed by atoms with Crippen molar-refractivity contribution in [1.82, 2.24) is 0 Å². The predicted molar refractivity (Wildman–Crippen MR) is 54.3 cm³/mol. The summed E-state index contributed by atoms with van der Waals surface area (Å²) >= 11 is 0. The smallest absolute Gasteiger partial charge is 0.309 e. The third kappa shape index (κ3) is 3.22. The fourth-order valence-electron chi connectivity index (χ4n) is 2.37. The van der Waals surface area contributed by atoms with Crippen LogP contribution >= 0.6 is 0 Å². The lowest BCUT2D eigenvalue weighted by Gasteiger charge is -2.12. The van der Waals surface area contributed by atoms with Crippen molar-refractivity contribution < 1.29 is 19.4 Å². The summed E-state index contributed by atoms with van der Waals surface area (Å²) in [6.07, 6.45) is 1.64. The second kappa shape index (κ2) is 5.14. The minimum Gasteiger partial charge on any atom is -0.481 e. The maximum atomic E-state index is 11.5. The first-order valence-corrected chi connectivity index (χ1v) is 5.43. The Kier molecular flexibility index (Phi) is 4.12. The van der Waals surface area contributed by atoms with Gasteiger partial charge >= 0.3 is 11.9 Å². The number of aliphatic carboxylic acids is 1. The number of ether oxygens (including phenoxy) is 1. The summed E-state index contributed by atoms with van der Waals surface area (Å²) < 4.78 is 4.96. The summed E-state index contributed by atoms with van der Waals surface area (Å²) in [6.45, 7) is 4.17. The maximum absolute atomic E-state index is 11.5. The molecule has 1 fully saturated rings. The molecule has 0 unspecified atom stereocenters. The van der Waals surface area contributed by atoms with E-state index < -0.39 is 5.97 Å². The van der Waals surface area contributed by atoms with Crippen molar-refractivity contribution >= 4 is 11.9 Å². The predicted octanol–water partition coefficient (Wildman–Crippen LogP) is 1.69. The molecule has 0 amide bonds. The highest BCUT2D eigenvalue weighted by Crippen LogP contribution is 2.38. The summed E-state index contributed by atoms with van der Waals surface area (Å²) in [7, 11) is 0. The van der Waals surface area contributed by atoms with E-state index in [4.69, 9.17) is 9.84 Å². The molecule has 1 rings (SSSR count). The third-order valence-corrected chi connectivity index (χ3v) is 3.03.